The van der Waals surface area contributed by atoms with Crippen LogP contribution in [0.15, 0.2) is 53.4 Å². The predicted octanol–water partition coefficient (Wildman–Crippen LogP) is 3.49. The molecule has 1 unspecified atom stereocenters. The highest BCUT2D eigenvalue weighted by molar-refractivity contribution is 7.89. The van der Waals surface area contributed by atoms with Crippen LogP contribution in [0.5, 0.6) is 0 Å². The van der Waals surface area contributed by atoms with Crippen molar-refractivity contribution in [1.29, 1.82) is 0 Å². The summed E-state index contributed by atoms with van der Waals surface area (Å²) in [5, 5.41) is 0. The van der Waals surface area contributed by atoms with Gasteiger partial charge < -0.3 is 9.80 Å². The number of rotatable bonds is 3. The molecule has 3 aliphatic heterocycles. The van der Waals surface area contributed by atoms with Crippen LogP contribution in [0.2, 0.25) is 0 Å². The van der Waals surface area contributed by atoms with Crippen LogP contribution in [-0.2, 0) is 10.0 Å². The number of carbonyl (C=O) groups excluding carboxylic acids is 1. The third-order valence-electron chi connectivity index (χ3n) is 6.55. The van der Waals surface area contributed by atoms with Crippen molar-refractivity contribution in [1.82, 2.24) is 4.31 Å². The summed E-state index contributed by atoms with van der Waals surface area (Å²) >= 11 is 0. The average molecular weight is 426 g/mol. The number of piperidine rings is 1. The lowest BCUT2D eigenvalue weighted by Crippen LogP contribution is -2.48. The molecule has 0 N–H and O–H groups in total. The Morgan fingerprint density at radius 2 is 1.53 bits per heavy atom. The normalized spacial score (nSPS) is 21.9. The highest BCUT2D eigenvalue weighted by Gasteiger charge is 2.36. The molecule has 5 rings (SSSR count). The first-order valence-corrected chi connectivity index (χ1v) is 12.3. The summed E-state index contributed by atoms with van der Waals surface area (Å²) < 4.78 is 27.3. The lowest BCUT2D eigenvalue weighted by atomic mass is 10.1. The Balaban J connectivity index is 1.41. The van der Waals surface area contributed by atoms with E-state index >= 15 is 0 Å². The molecule has 158 valence electrons. The van der Waals surface area contributed by atoms with Gasteiger partial charge >= 0.3 is 0 Å². The SMILES string of the molecule is O=C(c1ccc(S(=O)(=O)N2CCCCC2)cc1)N1CC2CCCN2c2ccccc21. The van der Waals surface area contributed by atoms with E-state index in [1.54, 1.807) is 28.6 Å². The summed E-state index contributed by atoms with van der Waals surface area (Å²) in [5.74, 6) is -0.0732. The second-order valence-corrected chi connectivity index (χ2v) is 10.3. The van der Waals surface area contributed by atoms with Gasteiger partial charge in [-0.2, -0.15) is 4.31 Å². The number of hydrogen-bond acceptors (Lipinski definition) is 4. The average Bonchev–Trinajstić information content (AvgIpc) is 3.28. The van der Waals surface area contributed by atoms with Gasteiger partial charge in [0.05, 0.1) is 16.3 Å². The first kappa shape index (κ1) is 19.6. The molecule has 0 aliphatic carbocycles. The van der Waals surface area contributed by atoms with Crippen LogP contribution in [0.4, 0.5) is 11.4 Å². The molecule has 3 heterocycles. The molecular weight excluding hydrogens is 398 g/mol. The molecule has 0 saturated carbocycles. The van der Waals surface area contributed by atoms with Gasteiger partial charge in [0.2, 0.25) is 10.0 Å². The maximum Gasteiger partial charge on any atom is 0.258 e. The summed E-state index contributed by atoms with van der Waals surface area (Å²) in [6.45, 7) is 2.85. The van der Waals surface area contributed by atoms with Gasteiger partial charge in [-0.25, -0.2) is 8.42 Å². The molecule has 7 heteroatoms. The Labute approximate surface area is 178 Å². The van der Waals surface area contributed by atoms with Crippen molar-refractivity contribution < 1.29 is 13.2 Å². The summed E-state index contributed by atoms with van der Waals surface area (Å²) in [4.78, 5) is 17.9. The van der Waals surface area contributed by atoms with Crippen LogP contribution in [0.1, 0.15) is 42.5 Å². The van der Waals surface area contributed by atoms with E-state index in [1.807, 2.05) is 23.1 Å². The number of sulfonamides is 1. The number of benzene rings is 2. The highest BCUT2D eigenvalue weighted by Crippen LogP contribution is 2.39. The summed E-state index contributed by atoms with van der Waals surface area (Å²) in [6, 6.07) is 14.9. The van der Waals surface area contributed by atoms with E-state index in [9.17, 15) is 13.2 Å². The second-order valence-electron chi connectivity index (χ2n) is 8.38. The smallest absolute Gasteiger partial charge is 0.258 e. The number of amides is 1. The number of anilines is 2. The lowest BCUT2D eigenvalue weighted by molar-refractivity contribution is 0.0984. The zero-order valence-corrected chi connectivity index (χ0v) is 17.9. The van der Waals surface area contributed by atoms with Crippen molar-refractivity contribution in [2.75, 3.05) is 36.0 Å². The van der Waals surface area contributed by atoms with Crippen molar-refractivity contribution in [3.05, 3.63) is 54.1 Å². The molecule has 1 amide bonds. The highest BCUT2D eigenvalue weighted by atomic mass is 32.2. The quantitative estimate of drug-likeness (QED) is 0.755. The molecule has 2 aromatic carbocycles. The minimum atomic E-state index is -3.49. The molecule has 0 bridgehead atoms. The fourth-order valence-electron chi connectivity index (χ4n) is 4.96. The van der Waals surface area contributed by atoms with Crippen molar-refractivity contribution >= 4 is 27.3 Å². The Bertz CT molecular complexity index is 1050. The summed E-state index contributed by atoms with van der Waals surface area (Å²) in [7, 11) is -3.49. The van der Waals surface area contributed by atoms with E-state index in [-0.39, 0.29) is 10.8 Å². The minimum Gasteiger partial charge on any atom is -0.365 e. The first-order valence-electron chi connectivity index (χ1n) is 10.8. The van der Waals surface area contributed by atoms with E-state index in [0.29, 0.717) is 31.2 Å². The van der Waals surface area contributed by atoms with Crippen molar-refractivity contribution in [2.45, 2.75) is 43.0 Å². The number of nitrogens with zero attached hydrogens (tertiary/aromatic N) is 3. The maximum absolute atomic E-state index is 13.4. The summed E-state index contributed by atoms with van der Waals surface area (Å²) in [5.41, 5.74) is 2.57. The van der Waals surface area contributed by atoms with Gasteiger partial charge in [0.1, 0.15) is 0 Å². The van der Waals surface area contributed by atoms with Crippen LogP contribution in [0.3, 0.4) is 0 Å². The van der Waals surface area contributed by atoms with Gasteiger partial charge in [-0.3, -0.25) is 4.79 Å². The predicted molar refractivity (Wildman–Crippen MR) is 118 cm³/mol. The topological polar surface area (TPSA) is 60.9 Å². The third kappa shape index (κ3) is 3.30. The van der Waals surface area contributed by atoms with Crippen molar-refractivity contribution in [3.8, 4) is 0 Å². The van der Waals surface area contributed by atoms with E-state index in [4.69, 9.17) is 0 Å². The van der Waals surface area contributed by atoms with Crippen LogP contribution in [0.25, 0.3) is 0 Å². The van der Waals surface area contributed by atoms with Crippen LogP contribution in [0, 0.1) is 0 Å². The van der Waals surface area contributed by atoms with Crippen LogP contribution >= 0.6 is 0 Å². The molecule has 3 aliphatic rings. The van der Waals surface area contributed by atoms with E-state index in [1.165, 1.54) is 0 Å². The Hall–Kier alpha value is -2.38. The number of fused-ring (bicyclic) bond motifs is 3. The Morgan fingerprint density at radius 1 is 0.833 bits per heavy atom. The van der Waals surface area contributed by atoms with Gasteiger partial charge in [-0.05, 0) is 62.1 Å². The fraction of sp³-hybridized carbons (Fsp3) is 0.435. The molecule has 2 aromatic rings. The van der Waals surface area contributed by atoms with Gasteiger partial charge in [0.15, 0.2) is 0 Å². The zero-order chi connectivity index (χ0) is 20.7. The maximum atomic E-state index is 13.4. The lowest BCUT2D eigenvalue weighted by Gasteiger charge is -2.40. The first-order chi connectivity index (χ1) is 14.6. The largest absolute Gasteiger partial charge is 0.365 e. The molecule has 0 aromatic heterocycles. The van der Waals surface area contributed by atoms with E-state index < -0.39 is 10.0 Å². The van der Waals surface area contributed by atoms with Gasteiger partial charge in [0.25, 0.3) is 5.91 Å². The molecule has 2 saturated heterocycles. The third-order valence-corrected chi connectivity index (χ3v) is 8.46. The van der Waals surface area contributed by atoms with E-state index in [0.717, 1.165) is 50.0 Å². The number of hydrogen-bond donors (Lipinski definition) is 0. The fourth-order valence-corrected chi connectivity index (χ4v) is 6.48. The minimum absolute atomic E-state index is 0.0732. The summed E-state index contributed by atoms with van der Waals surface area (Å²) in [6.07, 6.45) is 5.12. The Morgan fingerprint density at radius 3 is 2.27 bits per heavy atom. The monoisotopic (exact) mass is 425 g/mol. The molecule has 0 spiro atoms. The van der Waals surface area contributed by atoms with Gasteiger partial charge in [-0.1, -0.05) is 18.6 Å². The number of para-hydroxylation sites is 2. The molecule has 2 fully saturated rings. The molecular formula is C23H27N3O3S. The van der Waals surface area contributed by atoms with Crippen molar-refractivity contribution in [2.24, 2.45) is 0 Å². The zero-order valence-electron chi connectivity index (χ0n) is 17.0. The van der Waals surface area contributed by atoms with Crippen LogP contribution in [-0.4, -0.2) is 50.9 Å². The van der Waals surface area contributed by atoms with Gasteiger partial charge in [-0.15, -0.1) is 0 Å². The van der Waals surface area contributed by atoms with E-state index in [2.05, 4.69) is 11.0 Å². The second kappa shape index (κ2) is 7.71. The van der Waals surface area contributed by atoms with Crippen molar-refractivity contribution in [3.63, 3.8) is 0 Å². The molecule has 30 heavy (non-hydrogen) atoms. The number of carbonyl (C=O) groups is 1. The standard InChI is InChI=1S/C23H27N3O3S/c27-23(26-17-19-7-6-16-25(19)21-8-2-3-9-22(21)26)18-10-12-20(13-11-18)30(28,29)24-14-4-1-5-15-24/h2-3,8-13,19H,1,4-7,14-17H2. The van der Waals surface area contributed by atoms with Crippen LogP contribution < -0.4 is 9.80 Å². The molecule has 0 radical (unpaired) electrons. The van der Waals surface area contributed by atoms with Gasteiger partial charge in [0, 0.05) is 37.8 Å². The molecule has 6 nitrogen and oxygen atoms in total. The molecule has 1 atom stereocenters. The Kier molecular flexibility index (Phi) is 5.03.